The highest BCUT2D eigenvalue weighted by Gasteiger charge is 2.25. The number of carbonyl (C=O) groups excluding carboxylic acids is 1. The third kappa shape index (κ3) is 2.92. The molecule has 0 saturated heterocycles. The van der Waals surface area contributed by atoms with E-state index in [2.05, 4.69) is 12.1 Å². The second kappa shape index (κ2) is 6.00. The lowest BCUT2D eigenvalue weighted by Gasteiger charge is -2.17. The fourth-order valence-corrected chi connectivity index (χ4v) is 2.94. The standard InChI is InChI=1S/C18H20N2O/c19-16-9-5-10-17-15(16)12-13-20(17)18(21)11-4-8-14-6-2-1-3-7-14/h1-3,5-7,9-10H,4,8,11-13,19H2. The molecule has 0 atom stereocenters. The summed E-state index contributed by atoms with van der Waals surface area (Å²) in [5.41, 5.74) is 10.2. The minimum Gasteiger partial charge on any atom is -0.398 e. The lowest BCUT2D eigenvalue weighted by Crippen LogP contribution is -2.28. The molecule has 1 heterocycles. The van der Waals surface area contributed by atoms with Gasteiger partial charge in [-0.3, -0.25) is 4.79 Å². The highest BCUT2D eigenvalue weighted by Crippen LogP contribution is 2.32. The van der Waals surface area contributed by atoms with Crippen molar-refractivity contribution in [3.63, 3.8) is 0 Å². The zero-order valence-electron chi connectivity index (χ0n) is 12.1. The highest BCUT2D eigenvalue weighted by atomic mass is 16.2. The van der Waals surface area contributed by atoms with Crippen molar-refractivity contribution in [1.29, 1.82) is 0 Å². The first-order valence-electron chi connectivity index (χ1n) is 7.47. The van der Waals surface area contributed by atoms with Gasteiger partial charge in [-0.25, -0.2) is 0 Å². The van der Waals surface area contributed by atoms with Gasteiger partial charge in [0.1, 0.15) is 0 Å². The molecule has 0 unspecified atom stereocenters. The molecule has 1 amide bonds. The van der Waals surface area contributed by atoms with Gasteiger partial charge in [0.05, 0.1) is 0 Å². The van der Waals surface area contributed by atoms with Gasteiger partial charge in [-0.15, -0.1) is 0 Å². The molecule has 0 aliphatic carbocycles. The van der Waals surface area contributed by atoms with Crippen LogP contribution in [0, 0.1) is 0 Å². The van der Waals surface area contributed by atoms with Crippen LogP contribution in [0.2, 0.25) is 0 Å². The van der Waals surface area contributed by atoms with Crippen LogP contribution in [0.5, 0.6) is 0 Å². The zero-order valence-corrected chi connectivity index (χ0v) is 12.1. The van der Waals surface area contributed by atoms with Crippen LogP contribution in [0.1, 0.15) is 24.0 Å². The number of aryl methyl sites for hydroxylation is 1. The van der Waals surface area contributed by atoms with E-state index >= 15 is 0 Å². The average molecular weight is 280 g/mol. The molecule has 21 heavy (non-hydrogen) atoms. The van der Waals surface area contributed by atoms with Gasteiger partial charge in [-0.1, -0.05) is 36.4 Å². The molecule has 3 heteroatoms. The third-order valence-electron chi connectivity index (χ3n) is 4.06. The lowest BCUT2D eigenvalue weighted by molar-refractivity contribution is -0.118. The number of carbonyl (C=O) groups is 1. The molecule has 3 rings (SSSR count). The van der Waals surface area contributed by atoms with Crippen molar-refractivity contribution in [2.75, 3.05) is 17.2 Å². The van der Waals surface area contributed by atoms with Gasteiger partial charge in [0.2, 0.25) is 5.91 Å². The summed E-state index contributed by atoms with van der Waals surface area (Å²) in [5, 5.41) is 0. The van der Waals surface area contributed by atoms with Gasteiger partial charge in [0.15, 0.2) is 0 Å². The maximum atomic E-state index is 12.4. The van der Waals surface area contributed by atoms with Crippen LogP contribution in [0.3, 0.4) is 0 Å². The molecule has 1 aliphatic rings. The molecule has 3 nitrogen and oxygen atoms in total. The number of hydrogen-bond donors (Lipinski definition) is 1. The summed E-state index contributed by atoms with van der Waals surface area (Å²) in [7, 11) is 0. The Hall–Kier alpha value is -2.29. The van der Waals surface area contributed by atoms with E-state index < -0.39 is 0 Å². The predicted molar refractivity (Wildman–Crippen MR) is 86.3 cm³/mol. The van der Waals surface area contributed by atoms with Gasteiger partial charge in [0.25, 0.3) is 0 Å². The number of nitrogen functional groups attached to an aromatic ring is 1. The van der Waals surface area contributed by atoms with Crippen LogP contribution in [0.15, 0.2) is 48.5 Å². The molecular weight excluding hydrogens is 260 g/mol. The zero-order chi connectivity index (χ0) is 14.7. The van der Waals surface area contributed by atoms with Crippen LogP contribution in [0.4, 0.5) is 11.4 Å². The number of fused-ring (bicyclic) bond motifs is 1. The first-order valence-corrected chi connectivity index (χ1v) is 7.47. The molecule has 2 aromatic rings. The van der Waals surface area contributed by atoms with Crippen molar-refractivity contribution in [1.82, 2.24) is 0 Å². The van der Waals surface area contributed by atoms with Gasteiger partial charge in [0, 0.05) is 29.9 Å². The molecule has 108 valence electrons. The Morgan fingerprint density at radius 3 is 2.71 bits per heavy atom. The van der Waals surface area contributed by atoms with Crippen LogP contribution in [-0.4, -0.2) is 12.5 Å². The lowest BCUT2D eigenvalue weighted by atomic mass is 10.1. The van der Waals surface area contributed by atoms with Crippen LogP contribution >= 0.6 is 0 Å². The summed E-state index contributed by atoms with van der Waals surface area (Å²) in [4.78, 5) is 14.3. The quantitative estimate of drug-likeness (QED) is 0.874. The number of nitrogens with two attached hydrogens (primary N) is 1. The minimum absolute atomic E-state index is 0.204. The van der Waals surface area contributed by atoms with Crippen molar-refractivity contribution in [3.05, 3.63) is 59.7 Å². The summed E-state index contributed by atoms with van der Waals surface area (Å²) >= 11 is 0. The van der Waals surface area contributed by atoms with Crippen molar-refractivity contribution in [2.24, 2.45) is 0 Å². The Morgan fingerprint density at radius 1 is 1.10 bits per heavy atom. The summed E-state index contributed by atoms with van der Waals surface area (Å²) in [6.45, 7) is 0.758. The number of benzene rings is 2. The van der Waals surface area contributed by atoms with E-state index in [1.807, 2.05) is 41.3 Å². The molecule has 0 radical (unpaired) electrons. The normalized spacial score (nSPS) is 13.2. The molecule has 2 N–H and O–H groups in total. The van der Waals surface area contributed by atoms with Gasteiger partial charge in [-0.2, -0.15) is 0 Å². The van der Waals surface area contributed by atoms with Gasteiger partial charge in [-0.05, 0) is 37.0 Å². The number of rotatable bonds is 4. The summed E-state index contributed by atoms with van der Waals surface area (Å²) in [5.74, 6) is 0.204. The van der Waals surface area contributed by atoms with Gasteiger partial charge >= 0.3 is 0 Å². The minimum atomic E-state index is 0.204. The van der Waals surface area contributed by atoms with Crippen LogP contribution in [0.25, 0.3) is 0 Å². The first-order chi connectivity index (χ1) is 10.3. The molecule has 1 aliphatic heterocycles. The Labute approximate surface area is 125 Å². The van der Waals surface area contributed by atoms with E-state index in [-0.39, 0.29) is 5.91 Å². The molecule has 0 saturated carbocycles. The molecule has 0 bridgehead atoms. The van der Waals surface area contributed by atoms with E-state index in [0.717, 1.165) is 42.7 Å². The van der Waals surface area contributed by atoms with Crippen molar-refractivity contribution >= 4 is 17.3 Å². The Balaban J connectivity index is 1.59. The molecule has 0 fully saturated rings. The number of hydrogen-bond acceptors (Lipinski definition) is 2. The molecule has 2 aromatic carbocycles. The Kier molecular flexibility index (Phi) is 3.91. The SMILES string of the molecule is Nc1cccc2c1CCN2C(=O)CCCc1ccccc1. The monoisotopic (exact) mass is 280 g/mol. The number of anilines is 2. The van der Waals surface area contributed by atoms with E-state index in [1.54, 1.807) is 0 Å². The summed E-state index contributed by atoms with van der Waals surface area (Å²) < 4.78 is 0. The summed E-state index contributed by atoms with van der Waals surface area (Å²) in [6.07, 6.45) is 3.29. The maximum Gasteiger partial charge on any atom is 0.227 e. The summed E-state index contributed by atoms with van der Waals surface area (Å²) in [6, 6.07) is 16.1. The van der Waals surface area contributed by atoms with Crippen LogP contribution in [-0.2, 0) is 17.6 Å². The predicted octanol–water partition coefficient (Wildman–Crippen LogP) is 3.18. The Bertz CT molecular complexity index is 637. The fourth-order valence-electron chi connectivity index (χ4n) is 2.94. The van der Waals surface area contributed by atoms with E-state index in [0.29, 0.717) is 6.42 Å². The maximum absolute atomic E-state index is 12.4. The molecule has 0 aromatic heterocycles. The van der Waals surface area contributed by atoms with Crippen molar-refractivity contribution < 1.29 is 4.79 Å². The second-order valence-corrected chi connectivity index (χ2v) is 5.48. The van der Waals surface area contributed by atoms with E-state index in [1.165, 1.54) is 5.56 Å². The van der Waals surface area contributed by atoms with E-state index in [4.69, 9.17) is 5.73 Å². The smallest absolute Gasteiger partial charge is 0.227 e. The third-order valence-corrected chi connectivity index (χ3v) is 4.06. The van der Waals surface area contributed by atoms with Crippen molar-refractivity contribution in [3.8, 4) is 0 Å². The molecular formula is C18H20N2O. The first kappa shape index (κ1) is 13.7. The number of amides is 1. The topological polar surface area (TPSA) is 46.3 Å². The van der Waals surface area contributed by atoms with Crippen molar-refractivity contribution in [2.45, 2.75) is 25.7 Å². The largest absolute Gasteiger partial charge is 0.398 e. The van der Waals surface area contributed by atoms with E-state index in [9.17, 15) is 4.79 Å². The van der Waals surface area contributed by atoms with Gasteiger partial charge < -0.3 is 10.6 Å². The highest BCUT2D eigenvalue weighted by molar-refractivity contribution is 5.96. The second-order valence-electron chi connectivity index (χ2n) is 5.48. The number of nitrogens with zero attached hydrogens (tertiary/aromatic N) is 1. The average Bonchev–Trinajstić information content (AvgIpc) is 2.94. The fraction of sp³-hybridized carbons (Fsp3) is 0.278. The van der Waals surface area contributed by atoms with Crippen LogP contribution < -0.4 is 10.6 Å². The molecule has 0 spiro atoms. The Morgan fingerprint density at radius 2 is 1.90 bits per heavy atom.